The molecule has 0 aliphatic carbocycles. The number of hydrogen-bond donors (Lipinski definition) is 9. The van der Waals surface area contributed by atoms with Crippen molar-refractivity contribution in [2.24, 2.45) is 39.9 Å². The highest BCUT2D eigenvalue weighted by atomic mass is 16.4. The van der Waals surface area contributed by atoms with Crippen LogP contribution in [-0.2, 0) is 30.4 Å². The van der Waals surface area contributed by atoms with Crippen molar-refractivity contribution in [2.45, 2.75) is 104 Å². The zero-order valence-electron chi connectivity index (χ0n) is 29.4. The van der Waals surface area contributed by atoms with Gasteiger partial charge >= 0.3 is 5.97 Å². The molecule has 0 bridgehead atoms. The largest absolute Gasteiger partial charge is 0.480 e. The first-order valence-electron chi connectivity index (χ1n) is 16.9. The number of hydrogen-bond acceptors (Lipinski definition) is 7. The zero-order valence-corrected chi connectivity index (χ0v) is 29.4. The first-order valence-corrected chi connectivity index (χ1v) is 16.9. The minimum atomic E-state index is -1.24. The van der Waals surface area contributed by atoms with E-state index in [1.165, 1.54) is 0 Å². The van der Waals surface area contributed by atoms with E-state index in [4.69, 9.17) is 17.2 Å². The lowest BCUT2D eigenvalue weighted by Gasteiger charge is -2.30. The van der Waals surface area contributed by atoms with Crippen molar-refractivity contribution in [1.29, 1.82) is 0 Å². The fraction of sp³-hybridized carbons (Fsp3) is 0.588. The predicted octanol–water partition coefficient (Wildman–Crippen LogP) is 0.863. The molecule has 0 radical (unpaired) electrons. The summed E-state index contributed by atoms with van der Waals surface area (Å²) in [6.07, 6.45) is 3.21. The average Bonchev–Trinajstić information content (AvgIpc) is 3.44. The first-order chi connectivity index (χ1) is 23.0. The van der Waals surface area contributed by atoms with E-state index in [9.17, 15) is 29.1 Å². The van der Waals surface area contributed by atoms with E-state index < -0.39 is 65.7 Å². The highest BCUT2D eigenvalue weighted by Crippen LogP contribution is 2.19. The van der Waals surface area contributed by atoms with Gasteiger partial charge in [-0.15, -0.1) is 0 Å². The topological polar surface area (TPSA) is 260 Å². The number of nitrogens with one attached hydrogen (secondary N) is 5. The summed E-state index contributed by atoms with van der Waals surface area (Å²) < 4.78 is 0. The third-order valence-electron chi connectivity index (χ3n) is 8.39. The van der Waals surface area contributed by atoms with Gasteiger partial charge in [0.1, 0.15) is 24.2 Å². The van der Waals surface area contributed by atoms with Crippen molar-refractivity contribution in [2.75, 3.05) is 6.54 Å². The molecule has 2 rings (SSSR count). The number of H-pyrrole nitrogens is 1. The van der Waals surface area contributed by atoms with Crippen LogP contribution in [0.25, 0.3) is 10.9 Å². The van der Waals surface area contributed by atoms with E-state index >= 15 is 0 Å². The SMILES string of the molecule is CCC(C)C(NC(=O)C(N)Cc1c[nH]c2ccccc12)C(=O)NC(C(=O)NC(CC(C)C)C(=O)NC(CCCN=C(N)N)C(=O)O)C(C)C. The van der Waals surface area contributed by atoms with Gasteiger partial charge in [0.05, 0.1) is 6.04 Å². The Hall–Kier alpha value is -4.66. The van der Waals surface area contributed by atoms with Crippen LogP contribution in [0.4, 0.5) is 0 Å². The lowest BCUT2D eigenvalue weighted by molar-refractivity contribution is -0.142. The molecule has 4 amide bonds. The van der Waals surface area contributed by atoms with Crippen molar-refractivity contribution in [3.63, 3.8) is 0 Å². The monoisotopic (exact) mass is 685 g/mol. The molecule has 6 atom stereocenters. The molecule has 0 saturated carbocycles. The number of carbonyl (C=O) groups excluding carboxylic acids is 4. The maximum Gasteiger partial charge on any atom is 0.326 e. The molecule has 1 aromatic heterocycles. The third kappa shape index (κ3) is 12.7. The Morgan fingerprint density at radius 2 is 1.47 bits per heavy atom. The van der Waals surface area contributed by atoms with Gasteiger partial charge in [-0.1, -0.05) is 66.2 Å². The second kappa shape index (κ2) is 19.4. The number of benzene rings is 1. The van der Waals surface area contributed by atoms with Crippen molar-refractivity contribution in [1.82, 2.24) is 26.3 Å². The molecular weight excluding hydrogens is 630 g/mol. The highest BCUT2D eigenvalue weighted by Gasteiger charge is 2.34. The van der Waals surface area contributed by atoms with E-state index in [0.29, 0.717) is 12.8 Å². The average molecular weight is 686 g/mol. The molecule has 6 unspecified atom stereocenters. The molecule has 0 aliphatic heterocycles. The summed E-state index contributed by atoms with van der Waals surface area (Å²) in [7, 11) is 0. The van der Waals surface area contributed by atoms with Crippen molar-refractivity contribution in [3.8, 4) is 0 Å². The van der Waals surface area contributed by atoms with Crippen LogP contribution in [0.3, 0.4) is 0 Å². The number of carbonyl (C=O) groups is 5. The Balaban J connectivity index is 2.15. The van der Waals surface area contributed by atoms with Crippen LogP contribution in [0, 0.1) is 17.8 Å². The van der Waals surface area contributed by atoms with Crippen LogP contribution >= 0.6 is 0 Å². The minimum Gasteiger partial charge on any atom is -0.480 e. The number of aliphatic imine (C=N–C) groups is 1. The number of para-hydroxylation sites is 1. The standard InChI is InChI=1S/C34H55N9O6/c1-7-20(6)28(43-29(44)23(35)16-21-17-39-24-12-9-8-11-22(21)24)32(47)42-27(19(4)5)31(46)41-26(15-18(2)3)30(45)40-25(33(48)49)13-10-14-38-34(36)37/h8-9,11-12,17-20,23,25-28,39H,7,10,13-16,35H2,1-6H3,(H,40,45)(H,41,46)(H,42,47)(H,43,44)(H,48,49)(H4,36,37,38). The molecule has 0 spiro atoms. The van der Waals surface area contributed by atoms with E-state index in [-0.39, 0.29) is 43.6 Å². The molecule has 49 heavy (non-hydrogen) atoms. The Morgan fingerprint density at radius 1 is 0.857 bits per heavy atom. The predicted molar refractivity (Wildman–Crippen MR) is 189 cm³/mol. The number of aromatic amines is 1. The van der Waals surface area contributed by atoms with E-state index in [2.05, 4.69) is 31.2 Å². The van der Waals surface area contributed by atoms with Gasteiger partial charge < -0.3 is 48.6 Å². The normalized spacial score (nSPS) is 15.0. The van der Waals surface area contributed by atoms with Crippen LogP contribution in [0.15, 0.2) is 35.5 Å². The Kier molecular flexibility index (Phi) is 16.0. The van der Waals surface area contributed by atoms with Gasteiger partial charge in [-0.2, -0.15) is 0 Å². The maximum atomic E-state index is 13.7. The van der Waals surface area contributed by atoms with Gasteiger partial charge in [0, 0.05) is 23.6 Å². The summed E-state index contributed by atoms with van der Waals surface area (Å²) in [5.41, 5.74) is 18.7. The molecular formula is C34H55N9O6. The third-order valence-corrected chi connectivity index (χ3v) is 8.39. The summed E-state index contributed by atoms with van der Waals surface area (Å²) in [6, 6.07) is 2.41. The smallest absolute Gasteiger partial charge is 0.326 e. The molecule has 0 aliphatic rings. The number of nitrogens with zero attached hydrogens (tertiary/aromatic N) is 1. The number of nitrogens with two attached hydrogens (primary N) is 3. The fourth-order valence-corrected chi connectivity index (χ4v) is 5.37. The number of guanidine groups is 1. The van der Waals surface area contributed by atoms with Crippen LogP contribution in [-0.4, -0.2) is 82.4 Å². The number of carboxylic acid groups (broad SMARTS) is 1. The maximum absolute atomic E-state index is 13.7. The number of carboxylic acids is 1. The molecule has 15 nitrogen and oxygen atoms in total. The zero-order chi connectivity index (χ0) is 36.8. The summed E-state index contributed by atoms with van der Waals surface area (Å²) >= 11 is 0. The van der Waals surface area contributed by atoms with E-state index in [1.807, 2.05) is 58.2 Å². The molecule has 0 saturated heterocycles. The molecule has 0 fully saturated rings. The molecule has 15 heteroatoms. The van der Waals surface area contributed by atoms with Crippen molar-refractivity contribution < 1.29 is 29.1 Å². The van der Waals surface area contributed by atoms with Gasteiger partial charge in [0.2, 0.25) is 23.6 Å². The number of aromatic nitrogens is 1. The fourth-order valence-electron chi connectivity index (χ4n) is 5.37. The summed E-state index contributed by atoms with van der Waals surface area (Å²) in [4.78, 5) is 72.7. The van der Waals surface area contributed by atoms with Gasteiger partial charge in [0.15, 0.2) is 5.96 Å². The van der Waals surface area contributed by atoms with Crippen molar-refractivity contribution >= 4 is 46.5 Å². The Bertz CT molecular complexity index is 1450. The van der Waals surface area contributed by atoms with Crippen LogP contribution in [0.2, 0.25) is 0 Å². The molecule has 1 heterocycles. The number of rotatable bonds is 20. The summed E-state index contributed by atoms with van der Waals surface area (Å²) in [5, 5.41) is 21.4. The Labute approximate surface area is 288 Å². The second-order valence-corrected chi connectivity index (χ2v) is 13.3. The quantitative estimate of drug-likeness (QED) is 0.0543. The molecule has 272 valence electrons. The highest BCUT2D eigenvalue weighted by molar-refractivity contribution is 5.96. The summed E-state index contributed by atoms with van der Waals surface area (Å²) in [6.45, 7) is 11.1. The van der Waals surface area contributed by atoms with Crippen molar-refractivity contribution in [3.05, 3.63) is 36.0 Å². The minimum absolute atomic E-state index is 0.0354. The molecule has 1 aromatic carbocycles. The summed E-state index contributed by atoms with van der Waals surface area (Å²) in [5.74, 6) is -4.43. The van der Waals surface area contributed by atoms with E-state index in [0.717, 1.165) is 16.5 Å². The van der Waals surface area contributed by atoms with E-state index in [1.54, 1.807) is 13.8 Å². The number of aliphatic carboxylic acids is 1. The number of amides is 4. The lowest BCUT2D eigenvalue weighted by Crippen LogP contribution is -2.60. The molecule has 12 N–H and O–H groups in total. The lowest BCUT2D eigenvalue weighted by atomic mass is 9.95. The van der Waals surface area contributed by atoms with Gasteiger partial charge in [-0.05, 0) is 55.1 Å². The first kappa shape index (κ1) is 40.5. The van der Waals surface area contributed by atoms with Gasteiger partial charge in [-0.25, -0.2) is 4.79 Å². The van der Waals surface area contributed by atoms with Crippen LogP contribution in [0.5, 0.6) is 0 Å². The number of fused-ring (bicyclic) bond motifs is 1. The second-order valence-electron chi connectivity index (χ2n) is 13.3. The van der Waals surface area contributed by atoms with Gasteiger partial charge in [0.25, 0.3) is 0 Å². The Morgan fingerprint density at radius 3 is 2.06 bits per heavy atom. The van der Waals surface area contributed by atoms with Crippen LogP contribution in [0.1, 0.15) is 72.8 Å². The van der Waals surface area contributed by atoms with Crippen LogP contribution < -0.4 is 38.5 Å². The molecule has 2 aromatic rings. The van der Waals surface area contributed by atoms with Gasteiger partial charge in [-0.3, -0.25) is 24.2 Å².